The van der Waals surface area contributed by atoms with Crippen LogP contribution in [-0.4, -0.2) is 46.7 Å². The number of benzene rings is 1. The van der Waals surface area contributed by atoms with Crippen molar-refractivity contribution in [3.8, 4) is 11.4 Å². The Kier molecular flexibility index (Phi) is 5.20. The third-order valence-corrected chi connectivity index (χ3v) is 3.81. The van der Waals surface area contributed by atoms with E-state index in [1.165, 1.54) is 11.7 Å². The van der Waals surface area contributed by atoms with Crippen LogP contribution in [0.25, 0.3) is 5.69 Å². The maximum Gasteiger partial charge on any atom is 0.573 e. The van der Waals surface area contributed by atoms with Gasteiger partial charge in [-0.3, -0.25) is 9.59 Å². The zero-order valence-corrected chi connectivity index (χ0v) is 15.2. The Balaban J connectivity index is 2.07. The number of carbonyl (C=O) groups excluding carboxylic acids is 1. The van der Waals surface area contributed by atoms with Crippen LogP contribution >= 0.6 is 0 Å². The Morgan fingerprint density at radius 1 is 1.17 bits per heavy atom. The standard InChI is InChI=1S/C15H11F4N7O4/c1-24-11(20-22-23-24)6-9(27)12-13(28)26(14(29)25(2)21-12)7-3-4-10(8(16)5-7)30-15(17,18)19/h3-5H,6H2,1-2H3. The number of rotatable bonds is 5. The molecule has 0 saturated heterocycles. The molecule has 0 fully saturated rings. The van der Waals surface area contributed by atoms with Gasteiger partial charge in [-0.25, -0.2) is 23.1 Å². The number of aryl methyl sites for hydroxylation is 2. The molecule has 0 radical (unpaired) electrons. The molecule has 0 N–H and O–H groups in total. The van der Waals surface area contributed by atoms with Gasteiger partial charge in [-0.1, -0.05) is 0 Å². The first-order chi connectivity index (χ1) is 14.0. The van der Waals surface area contributed by atoms with Gasteiger partial charge in [0.15, 0.2) is 28.9 Å². The largest absolute Gasteiger partial charge is 0.573 e. The van der Waals surface area contributed by atoms with E-state index in [2.05, 4.69) is 25.4 Å². The molecule has 3 aromatic rings. The van der Waals surface area contributed by atoms with E-state index < -0.39 is 52.8 Å². The van der Waals surface area contributed by atoms with Gasteiger partial charge in [0.2, 0.25) is 0 Å². The first-order valence-electron chi connectivity index (χ1n) is 7.98. The molecule has 1 aromatic carbocycles. The van der Waals surface area contributed by atoms with E-state index in [1.54, 1.807) is 0 Å². The highest BCUT2D eigenvalue weighted by molar-refractivity contribution is 5.94. The van der Waals surface area contributed by atoms with Crippen LogP contribution < -0.4 is 16.0 Å². The lowest BCUT2D eigenvalue weighted by Gasteiger charge is -2.12. The summed E-state index contributed by atoms with van der Waals surface area (Å²) in [5.41, 5.74) is -3.34. The van der Waals surface area contributed by atoms with Crippen molar-refractivity contribution in [2.45, 2.75) is 12.8 Å². The lowest BCUT2D eigenvalue weighted by Crippen LogP contribution is -2.43. The Morgan fingerprint density at radius 2 is 1.87 bits per heavy atom. The quantitative estimate of drug-likeness (QED) is 0.407. The molecule has 3 rings (SSSR count). The lowest BCUT2D eigenvalue weighted by atomic mass is 10.2. The smallest absolute Gasteiger partial charge is 0.403 e. The third kappa shape index (κ3) is 4.08. The minimum Gasteiger partial charge on any atom is -0.403 e. The van der Waals surface area contributed by atoms with Gasteiger partial charge < -0.3 is 4.74 Å². The SMILES string of the molecule is Cn1nnnc1CC(=O)c1nn(C)c(=O)n(-c2ccc(OC(F)(F)F)c(F)c2)c1=O. The van der Waals surface area contributed by atoms with Crippen molar-refractivity contribution in [1.29, 1.82) is 0 Å². The number of ketones is 1. The molecule has 0 unspecified atom stereocenters. The summed E-state index contributed by atoms with van der Waals surface area (Å²) in [5, 5.41) is 14.1. The molecular weight excluding hydrogens is 418 g/mol. The van der Waals surface area contributed by atoms with Crippen molar-refractivity contribution >= 4 is 5.78 Å². The van der Waals surface area contributed by atoms with Crippen molar-refractivity contribution in [2.24, 2.45) is 14.1 Å². The van der Waals surface area contributed by atoms with E-state index in [9.17, 15) is 31.9 Å². The van der Waals surface area contributed by atoms with Gasteiger partial charge in [0.1, 0.15) is 0 Å². The molecule has 0 aliphatic rings. The van der Waals surface area contributed by atoms with Gasteiger partial charge in [-0.15, -0.1) is 18.3 Å². The minimum absolute atomic E-state index is 0.112. The molecule has 0 amide bonds. The van der Waals surface area contributed by atoms with Crippen molar-refractivity contribution in [2.75, 3.05) is 0 Å². The fourth-order valence-corrected chi connectivity index (χ4v) is 2.44. The van der Waals surface area contributed by atoms with Crippen LogP contribution in [0.15, 0.2) is 27.8 Å². The van der Waals surface area contributed by atoms with Crippen LogP contribution in [0.5, 0.6) is 5.75 Å². The molecule has 158 valence electrons. The van der Waals surface area contributed by atoms with Gasteiger partial charge in [-0.2, -0.15) is 5.10 Å². The molecular formula is C15H11F4N7O4. The van der Waals surface area contributed by atoms with E-state index in [1.807, 2.05) is 0 Å². The normalized spacial score (nSPS) is 11.5. The van der Waals surface area contributed by atoms with Crippen molar-refractivity contribution in [3.05, 3.63) is 56.4 Å². The van der Waals surface area contributed by atoms with E-state index in [4.69, 9.17) is 0 Å². The molecule has 0 atom stereocenters. The number of Topliss-reactive ketones (excluding diaryl/α,β-unsaturated/α-hetero) is 1. The molecule has 0 bridgehead atoms. The van der Waals surface area contributed by atoms with Crippen LogP contribution in [-0.2, 0) is 20.5 Å². The summed E-state index contributed by atoms with van der Waals surface area (Å²) >= 11 is 0. The van der Waals surface area contributed by atoms with E-state index in [0.717, 1.165) is 13.1 Å². The predicted octanol–water partition coefficient (Wildman–Crippen LogP) is -0.0822. The zero-order valence-electron chi connectivity index (χ0n) is 15.2. The second-order valence-corrected chi connectivity index (χ2v) is 5.88. The monoisotopic (exact) mass is 429 g/mol. The Labute approximate surface area is 163 Å². The van der Waals surface area contributed by atoms with Gasteiger partial charge in [0, 0.05) is 20.2 Å². The van der Waals surface area contributed by atoms with E-state index in [0.29, 0.717) is 21.4 Å². The number of alkyl halides is 3. The topological polar surface area (TPSA) is 127 Å². The van der Waals surface area contributed by atoms with Crippen molar-refractivity contribution < 1.29 is 27.1 Å². The maximum atomic E-state index is 14.0. The number of halogens is 4. The van der Waals surface area contributed by atoms with Gasteiger partial charge in [0.05, 0.1) is 12.1 Å². The molecule has 11 nitrogen and oxygen atoms in total. The highest BCUT2D eigenvalue weighted by Crippen LogP contribution is 2.26. The summed E-state index contributed by atoms with van der Waals surface area (Å²) in [6, 6.07) is 1.94. The Hall–Kier alpha value is -3.91. The fraction of sp³-hybridized carbons (Fsp3) is 0.267. The number of hydrogen-bond acceptors (Lipinski definition) is 8. The van der Waals surface area contributed by atoms with Gasteiger partial charge in [-0.05, 0) is 22.6 Å². The van der Waals surface area contributed by atoms with Crippen LogP contribution in [0, 0.1) is 5.82 Å². The van der Waals surface area contributed by atoms with Crippen LogP contribution in [0.2, 0.25) is 0 Å². The van der Waals surface area contributed by atoms with E-state index in [-0.39, 0.29) is 5.82 Å². The number of aromatic nitrogens is 7. The number of tetrazole rings is 1. The summed E-state index contributed by atoms with van der Waals surface area (Å²) in [7, 11) is 2.60. The lowest BCUT2D eigenvalue weighted by molar-refractivity contribution is -0.275. The molecule has 30 heavy (non-hydrogen) atoms. The predicted molar refractivity (Wildman–Crippen MR) is 88.5 cm³/mol. The molecule has 0 aliphatic heterocycles. The average Bonchev–Trinajstić information content (AvgIpc) is 3.04. The fourth-order valence-electron chi connectivity index (χ4n) is 2.44. The molecule has 0 spiro atoms. The van der Waals surface area contributed by atoms with Crippen molar-refractivity contribution in [1.82, 2.24) is 34.6 Å². The van der Waals surface area contributed by atoms with Crippen LogP contribution in [0.3, 0.4) is 0 Å². The van der Waals surface area contributed by atoms with Crippen LogP contribution in [0.1, 0.15) is 16.3 Å². The Morgan fingerprint density at radius 3 is 2.43 bits per heavy atom. The summed E-state index contributed by atoms with van der Waals surface area (Å²) in [6.45, 7) is 0. The summed E-state index contributed by atoms with van der Waals surface area (Å²) < 4.78 is 56.7. The Bertz CT molecular complexity index is 1250. The molecule has 0 aliphatic carbocycles. The average molecular weight is 429 g/mol. The van der Waals surface area contributed by atoms with Gasteiger partial charge >= 0.3 is 12.1 Å². The second kappa shape index (κ2) is 7.49. The van der Waals surface area contributed by atoms with Gasteiger partial charge in [0.25, 0.3) is 5.56 Å². The summed E-state index contributed by atoms with van der Waals surface area (Å²) in [5.74, 6) is -3.36. The number of carbonyl (C=O) groups is 1. The first kappa shape index (κ1) is 20.8. The summed E-state index contributed by atoms with van der Waals surface area (Å²) in [6.07, 6.45) is -5.56. The molecule has 0 saturated carbocycles. The summed E-state index contributed by atoms with van der Waals surface area (Å²) in [4.78, 5) is 37.5. The molecule has 15 heteroatoms. The molecule has 2 heterocycles. The zero-order chi connectivity index (χ0) is 22.2. The number of hydrogen-bond donors (Lipinski definition) is 0. The van der Waals surface area contributed by atoms with Crippen molar-refractivity contribution in [3.63, 3.8) is 0 Å². The first-order valence-corrected chi connectivity index (χ1v) is 7.98. The number of ether oxygens (including phenoxy) is 1. The highest BCUT2D eigenvalue weighted by Gasteiger charge is 2.32. The number of nitrogens with zero attached hydrogens (tertiary/aromatic N) is 7. The van der Waals surface area contributed by atoms with E-state index >= 15 is 0 Å². The second-order valence-electron chi connectivity index (χ2n) is 5.88. The maximum absolute atomic E-state index is 14.0. The van der Waals surface area contributed by atoms with Crippen LogP contribution in [0.4, 0.5) is 17.6 Å². The third-order valence-electron chi connectivity index (χ3n) is 3.81. The minimum atomic E-state index is -5.14. The highest BCUT2D eigenvalue weighted by atomic mass is 19.4. The molecule has 2 aromatic heterocycles.